The van der Waals surface area contributed by atoms with Gasteiger partial charge < -0.3 is 0 Å². The Morgan fingerprint density at radius 2 is 0.537 bits per heavy atom. The van der Waals surface area contributed by atoms with Crippen LogP contribution in [0.3, 0.4) is 0 Å². The van der Waals surface area contributed by atoms with Crippen molar-refractivity contribution in [2.45, 2.75) is 207 Å². The average Bonchev–Trinajstić information content (AvgIpc) is 2.95. The Hall–Kier alpha value is -0.261. The molecule has 4 nitrogen and oxygen atoms in total. The largest absolute Gasteiger partial charge is 0.355 e. The molecule has 0 saturated carbocycles. The van der Waals surface area contributed by atoms with Gasteiger partial charge in [0.2, 0.25) is 0 Å². The van der Waals surface area contributed by atoms with Crippen LogP contribution in [0, 0.1) is 13.8 Å². The number of rotatable bonds is 26. The zero-order chi connectivity index (χ0) is 31.0. The molecular formula is C36H72O4Sn. The molecule has 0 spiro atoms. The van der Waals surface area contributed by atoms with Crippen molar-refractivity contribution in [2.24, 2.45) is 0 Å². The maximum absolute atomic E-state index is 10.1. The van der Waals surface area contributed by atoms with E-state index in [2.05, 4.69) is 41.5 Å². The Balaban J connectivity index is -0.000000163. The molecule has 0 aliphatic heterocycles. The zero-order valence-electron chi connectivity index (χ0n) is 28.3. The van der Waals surface area contributed by atoms with E-state index in [0.717, 1.165) is 38.5 Å². The summed E-state index contributed by atoms with van der Waals surface area (Å²) in [5.41, 5.74) is 0. The molecule has 0 fully saturated rings. The van der Waals surface area contributed by atoms with Crippen molar-refractivity contribution in [2.75, 3.05) is 0 Å². The smallest absolute Gasteiger partial charge is 0.247 e. The van der Waals surface area contributed by atoms with Crippen molar-refractivity contribution in [3.63, 3.8) is 0 Å². The van der Waals surface area contributed by atoms with Crippen LogP contribution in [0.25, 0.3) is 0 Å². The molecule has 0 aromatic rings. The molecular weight excluding hydrogens is 615 g/mol. The molecule has 0 aliphatic rings. The third-order valence-electron chi connectivity index (χ3n) is 6.68. The van der Waals surface area contributed by atoms with Crippen LogP contribution < -0.4 is 0 Å². The summed E-state index contributed by atoms with van der Waals surface area (Å²) in [5.74, 6) is -1.81. The molecule has 0 atom stereocenters. The van der Waals surface area contributed by atoms with E-state index in [1.807, 2.05) is 0 Å². The molecule has 5 heteroatoms. The normalized spacial score (nSPS) is 9.71. The molecule has 0 rings (SSSR count). The van der Waals surface area contributed by atoms with E-state index in [-0.39, 0.29) is 36.7 Å². The summed E-state index contributed by atoms with van der Waals surface area (Å²) >= 11 is 0. The van der Waals surface area contributed by atoms with E-state index < -0.39 is 11.9 Å². The summed E-state index contributed by atoms with van der Waals surface area (Å²) in [6, 6.07) is 0. The van der Waals surface area contributed by atoms with Crippen molar-refractivity contribution < 1.29 is 19.8 Å². The van der Waals surface area contributed by atoms with Crippen LogP contribution in [0.4, 0.5) is 0 Å². The second-order valence-electron chi connectivity index (χ2n) is 11.0. The number of carbonyl (C=O) groups excluding carboxylic acids is 2. The summed E-state index contributed by atoms with van der Waals surface area (Å²) in [6.07, 6.45) is 32.6. The van der Waals surface area contributed by atoms with Crippen LogP contribution in [0.5, 0.6) is 0 Å². The second-order valence-corrected chi connectivity index (χ2v) is 11.0. The Morgan fingerprint density at radius 3 is 0.683 bits per heavy atom. The fourth-order valence-corrected chi connectivity index (χ4v) is 3.87. The van der Waals surface area contributed by atoms with Gasteiger partial charge in [0.05, 0.1) is 12.8 Å². The Labute approximate surface area is 276 Å². The van der Waals surface area contributed by atoms with E-state index in [1.54, 1.807) is 0 Å². The third-order valence-corrected chi connectivity index (χ3v) is 6.68. The summed E-state index contributed by atoms with van der Waals surface area (Å²) in [4.78, 5) is 20.3. The van der Waals surface area contributed by atoms with Gasteiger partial charge in [0, 0.05) is 23.9 Å². The van der Waals surface area contributed by atoms with Gasteiger partial charge in [0.15, 0.2) is 0 Å². The fraction of sp³-hybridized carbons (Fsp3) is 0.889. The van der Waals surface area contributed by atoms with E-state index in [0.29, 0.717) is 0 Å². The third kappa shape index (κ3) is 73.6. The molecule has 0 aromatic heterocycles. The molecule has 41 heavy (non-hydrogen) atoms. The minimum absolute atomic E-state index is 0. The maximum atomic E-state index is 10.1. The van der Waals surface area contributed by atoms with Crippen molar-refractivity contribution in [3.05, 3.63) is 13.8 Å². The number of hydrogen-bond donors (Lipinski definition) is 0. The Bertz CT molecular complexity index is 399. The monoisotopic (exact) mass is 688 g/mol. The molecule has 0 aromatic carbocycles. The van der Waals surface area contributed by atoms with Gasteiger partial charge in [0.1, 0.15) is 0 Å². The fourth-order valence-electron chi connectivity index (χ4n) is 3.87. The Kier molecular flexibility index (Phi) is 64.4. The molecule has 8 radical (unpaired) electrons. The topological polar surface area (TPSA) is 73.9 Å². The minimum atomic E-state index is -0.907. The quantitative estimate of drug-likeness (QED) is 0.0670. The van der Waals surface area contributed by atoms with Crippen LogP contribution in [0.1, 0.15) is 207 Å². The zero-order valence-corrected chi connectivity index (χ0v) is 31.2. The molecule has 0 unspecified atom stereocenters. The van der Waals surface area contributed by atoms with Crippen LogP contribution in [-0.2, 0) is 19.8 Å². The predicted octanol–water partition coefficient (Wildman–Crippen LogP) is 12.1. The molecule has 244 valence electrons. The first-order valence-corrected chi connectivity index (χ1v) is 17.4. The molecule has 0 N–H and O–H groups in total. The number of hydrogen-bond acceptors (Lipinski definition) is 2. The van der Waals surface area contributed by atoms with Gasteiger partial charge in [-0.1, -0.05) is 196 Å². The average molecular weight is 688 g/mol. The van der Waals surface area contributed by atoms with Gasteiger partial charge in [-0.25, -0.2) is 19.8 Å². The van der Waals surface area contributed by atoms with E-state index >= 15 is 0 Å². The van der Waals surface area contributed by atoms with Crippen LogP contribution in [0.15, 0.2) is 0 Å². The SMILES string of the molecule is CCCCCCCCCCCCCC([O])=O.CCCCCCCCCCCCCC([O])=O.[CH2]CCC.[CH2]CCC.[Sn]. The van der Waals surface area contributed by atoms with Crippen molar-refractivity contribution in [3.8, 4) is 0 Å². The van der Waals surface area contributed by atoms with E-state index in [1.165, 1.54) is 128 Å². The molecule has 0 amide bonds. The predicted molar refractivity (Wildman–Crippen MR) is 180 cm³/mol. The van der Waals surface area contributed by atoms with Crippen LogP contribution >= 0.6 is 0 Å². The first-order valence-electron chi connectivity index (χ1n) is 17.4. The number of unbranched alkanes of at least 4 members (excludes halogenated alkanes) is 22. The van der Waals surface area contributed by atoms with E-state index in [9.17, 15) is 19.8 Å². The van der Waals surface area contributed by atoms with Gasteiger partial charge in [-0.2, -0.15) is 0 Å². The summed E-state index contributed by atoms with van der Waals surface area (Å²) in [5, 5.41) is 20.3. The minimum Gasteiger partial charge on any atom is -0.247 e. The van der Waals surface area contributed by atoms with Crippen molar-refractivity contribution >= 4 is 35.8 Å². The summed E-state index contributed by atoms with van der Waals surface area (Å²) in [7, 11) is 0. The molecule has 0 bridgehead atoms. The van der Waals surface area contributed by atoms with E-state index in [4.69, 9.17) is 0 Å². The van der Waals surface area contributed by atoms with Gasteiger partial charge in [-0.05, 0) is 12.8 Å². The Morgan fingerprint density at radius 1 is 0.366 bits per heavy atom. The maximum Gasteiger partial charge on any atom is 0.355 e. The first kappa shape index (κ1) is 50.4. The van der Waals surface area contributed by atoms with Gasteiger partial charge in [-0.3, -0.25) is 0 Å². The molecule has 0 aliphatic carbocycles. The summed E-state index contributed by atoms with van der Waals surface area (Å²) in [6.45, 7) is 15.9. The van der Waals surface area contributed by atoms with Gasteiger partial charge in [0.25, 0.3) is 0 Å². The van der Waals surface area contributed by atoms with Gasteiger partial charge in [-0.15, -0.1) is 0 Å². The second kappa shape index (κ2) is 52.4. The van der Waals surface area contributed by atoms with Gasteiger partial charge >= 0.3 is 11.9 Å². The molecule has 0 heterocycles. The molecule has 0 saturated heterocycles. The first-order chi connectivity index (χ1) is 19.4. The van der Waals surface area contributed by atoms with Crippen molar-refractivity contribution in [1.29, 1.82) is 0 Å². The standard InChI is InChI=1S/2C14H27O2.2C4H9.Sn/c2*1-2-3-4-5-6-7-8-9-10-11-12-13-14(15)16;2*1-3-4-2;/h2*2-13H2,1H3;2*1,3-4H2,2H3;. The van der Waals surface area contributed by atoms with Crippen LogP contribution in [-0.4, -0.2) is 35.8 Å². The van der Waals surface area contributed by atoms with Crippen LogP contribution in [0.2, 0.25) is 0 Å². The van der Waals surface area contributed by atoms with Crippen molar-refractivity contribution in [1.82, 2.24) is 0 Å². The number of carbonyl (C=O) groups is 2. The summed E-state index contributed by atoms with van der Waals surface area (Å²) < 4.78 is 0.